The molecule has 1 saturated carbocycles. The van der Waals surface area contributed by atoms with Crippen molar-refractivity contribution in [2.45, 2.75) is 51.9 Å². The first-order valence-corrected chi connectivity index (χ1v) is 10.6. The molecule has 156 valence electrons. The topological polar surface area (TPSA) is 63.7 Å². The zero-order valence-corrected chi connectivity index (χ0v) is 17.7. The Bertz CT molecular complexity index is 946. The van der Waals surface area contributed by atoms with Crippen LogP contribution in [0.1, 0.15) is 62.4 Å². The van der Waals surface area contributed by atoms with Gasteiger partial charge >= 0.3 is 5.97 Å². The van der Waals surface area contributed by atoms with Crippen molar-refractivity contribution >= 4 is 23.5 Å². The van der Waals surface area contributed by atoms with E-state index in [0.29, 0.717) is 17.0 Å². The number of rotatable bonds is 3. The maximum Gasteiger partial charge on any atom is 0.343 e. The molecule has 2 amide bonds. The molecule has 0 radical (unpaired) electrons. The van der Waals surface area contributed by atoms with Crippen molar-refractivity contribution < 1.29 is 19.1 Å². The Hall–Kier alpha value is -2.95. The van der Waals surface area contributed by atoms with Crippen LogP contribution in [0, 0.1) is 11.8 Å². The maximum atomic E-state index is 12.7. The van der Waals surface area contributed by atoms with E-state index in [9.17, 15) is 14.4 Å². The average Bonchev–Trinajstić information content (AvgIpc) is 2.98. The molecule has 1 aliphatic carbocycles. The molecule has 30 heavy (non-hydrogen) atoms. The average molecular weight is 405 g/mol. The Morgan fingerprint density at radius 3 is 1.90 bits per heavy atom. The predicted octanol–water partition coefficient (Wildman–Crippen LogP) is 4.88. The number of anilines is 1. The van der Waals surface area contributed by atoms with Gasteiger partial charge in [-0.3, -0.25) is 14.5 Å². The fraction of sp³-hybridized carbons (Fsp3) is 0.400. The van der Waals surface area contributed by atoms with Crippen LogP contribution in [-0.2, 0) is 15.0 Å². The monoisotopic (exact) mass is 405 g/mol. The highest BCUT2D eigenvalue weighted by molar-refractivity contribution is 6.22. The van der Waals surface area contributed by atoms with Gasteiger partial charge in [0.15, 0.2) is 0 Å². The number of carbonyl (C=O) groups is 3. The summed E-state index contributed by atoms with van der Waals surface area (Å²) >= 11 is 0. The number of carbonyl (C=O) groups excluding carboxylic acids is 3. The third-order valence-corrected chi connectivity index (χ3v) is 6.13. The number of amides is 2. The van der Waals surface area contributed by atoms with Crippen molar-refractivity contribution in [3.63, 3.8) is 0 Å². The van der Waals surface area contributed by atoms with Crippen molar-refractivity contribution in [1.82, 2.24) is 0 Å². The first kappa shape index (κ1) is 20.3. The van der Waals surface area contributed by atoms with Crippen LogP contribution in [0.15, 0.2) is 48.5 Å². The molecule has 0 aromatic heterocycles. The number of fused-ring (bicyclic) bond motifs is 1. The molecule has 4 rings (SSSR count). The molecule has 1 saturated heterocycles. The van der Waals surface area contributed by atoms with Gasteiger partial charge in [-0.1, -0.05) is 45.7 Å². The van der Waals surface area contributed by atoms with Gasteiger partial charge in [-0.2, -0.15) is 0 Å². The van der Waals surface area contributed by atoms with Crippen molar-refractivity contribution in [2.75, 3.05) is 4.90 Å². The summed E-state index contributed by atoms with van der Waals surface area (Å²) in [7, 11) is 0. The summed E-state index contributed by atoms with van der Waals surface area (Å²) in [5, 5.41) is 0. The van der Waals surface area contributed by atoms with E-state index in [1.165, 1.54) is 4.90 Å². The minimum absolute atomic E-state index is 0.0281. The molecule has 1 aliphatic heterocycles. The molecule has 2 unspecified atom stereocenters. The Balaban J connectivity index is 1.46. The van der Waals surface area contributed by atoms with E-state index in [1.807, 2.05) is 12.1 Å². The van der Waals surface area contributed by atoms with Crippen LogP contribution in [0.3, 0.4) is 0 Å². The molecule has 0 N–H and O–H groups in total. The first-order valence-electron chi connectivity index (χ1n) is 10.6. The third kappa shape index (κ3) is 3.76. The lowest BCUT2D eigenvalue weighted by Crippen LogP contribution is -2.30. The highest BCUT2D eigenvalue weighted by Crippen LogP contribution is 2.40. The largest absolute Gasteiger partial charge is 0.423 e. The lowest BCUT2D eigenvalue weighted by Gasteiger charge is -2.19. The summed E-state index contributed by atoms with van der Waals surface area (Å²) in [6.45, 7) is 6.38. The molecule has 2 fully saturated rings. The second-order valence-electron chi connectivity index (χ2n) is 9.22. The smallest absolute Gasteiger partial charge is 0.343 e. The van der Waals surface area contributed by atoms with Crippen LogP contribution in [0.4, 0.5) is 5.69 Å². The van der Waals surface area contributed by atoms with Crippen LogP contribution in [0.5, 0.6) is 5.75 Å². The van der Waals surface area contributed by atoms with Crippen molar-refractivity contribution in [3.8, 4) is 5.75 Å². The molecule has 5 heteroatoms. The second kappa shape index (κ2) is 7.71. The number of hydrogen-bond acceptors (Lipinski definition) is 4. The predicted molar refractivity (Wildman–Crippen MR) is 114 cm³/mol. The third-order valence-electron chi connectivity index (χ3n) is 6.13. The van der Waals surface area contributed by atoms with Gasteiger partial charge in [-0.25, -0.2) is 4.79 Å². The highest BCUT2D eigenvalue weighted by Gasteiger charge is 2.48. The van der Waals surface area contributed by atoms with Gasteiger partial charge in [0, 0.05) is 0 Å². The second-order valence-corrected chi connectivity index (χ2v) is 9.22. The summed E-state index contributed by atoms with van der Waals surface area (Å²) in [5.74, 6) is -0.597. The summed E-state index contributed by atoms with van der Waals surface area (Å²) in [5.41, 5.74) is 2.08. The molecular weight excluding hydrogens is 378 g/mol. The molecule has 2 aromatic rings. The Labute approximate surface area is 177 Å². The van der Waals surface area contributed by atoms with Crippen LogP contribution >= 0.6 is 0 Å². The van der Waals surface area contributed by atoms with Gasteiger partial charge in [0.05, 0.1) is 23.1 Å². The van der Waals surface area contributed by atoms with Gasteiger partial charge in [0.25, 0.3) is 0 Å². The van der Waals surface area contributed by atoms with Crippen LogP contribution in [0.2, 0.25) is 0 Å². The SMILES string of the molecule is CC(C)(C)c1ccc(OC(=O)c2ccc(N3C(=O)C4CCCCC4C3=O)cc2)cc1. The summed E-state index contributed by atoms with van der Waals surface area (Å²) in [4.78, 5) is 39.2. The standard InChI is InChI=1S/C25H27NO4/c1-25(2,3)17-10-14-19(15-11-17)30-24(29)16-8-12-18(13-9-16)26-22(27)20-6-4-5-7-21(20)23(26)28/h8-15,20-21H,4-7H2,1-3H3. The zero-order valence-electron chi connectivity index (χ0n) is 17.7. The molecular formula is C25H27NO4. The van der Waals surface area contributed by atoms with Crippen molar-refractivity contribution in [1.29, 1.82) is 0 Å². The van der Waals surface area contributed by atoms with Gasteiger partial charge < -0.3 is 4.74 Å². The van der Waals surface area contributed by atoms with Gasteiger partial charge in [0.1, 0.15) is 5.75 Å². The van der Waals surface area contributed by atoms with E-state index in [-0.39, 0.29) is 29.1 Å². The number of benzene rings is 2. The van der Waals surface area contributed by atoms with Gasteiger partial charge in [-0.15, -0.1) is 0 Å². The maximum absolute atomic E-state index is 12.7. The normalized spacial score (nSPS) is 21.5. The van der Waals surface area contributed by atoms with Crippen molar-refractivity contribution in [2.24, 2.45) is 11.8 Å². The first-order chi connectivity index (χ1) is 14.3. The zero-order chi connectivity index (χ0) is 21.5. The van der Waals surface area contributed by atoms with E-state index in [0.717, 1.165) is 31.2 Å². The lowest BCUT2D eigenvalue weighted by molar-refractivity contribution is -0.122. The number of imide groups is 1. The minimum atomic E-state index is -0.474. The van der Waals surface area contributed by atoms with Crippen LogP contribution in [-0.4, -0.2) is 17.8 Å². The molecule has 0 bridgehead atoms. The lowest BCUT2D eigenvalue weighted by atomic mass is 9.81. The van der Waals surface area contributed by atoms with E-state index in [1.54, 1.807) is 36.4 Å². The Kier molecular flexibility index (Phi) is 5.22. The Morgan fingerprint density at radius 2 is 1.40 bits per heavy atom. The molecule has 2 aliphatic rings. The van der Waals surface area contributed by atoms with Gasteiger partial charge in [0.2, 0.25) is 11.8 Å². The number of ether oxygens (including phenoxy) is 1. The molecule has 1 heterocycles. The number of esters is 1. The molecule has 2 aromatic carbocycles. The quantitative estimate of drug-likeness (QED) is 0.415. The molecule has 2 atom stereocenters. The van der Waals surface area contributed by atoms with E-state index in [4.69, 9.17) is 4.74 Å². The van der Waals surface area contributed by atoms with Crippen LogP contribution < -0.4 is 9.64 Å². The highest BCUT2D eigenvalue weighted by atomic mass is 16.5. The number of hydrogen-bond donors (Lipinski definition) is 0. The minimum Gasteiger partial charge on any atom is -0.423 e. The summed E-state index contributed by atoms with van der Waals surface area (Å²) < 4.78 is 5.47. The van der Waals surface area contributed by atoms with E-state index < -0.39 is 5.97 Å². The fourth-order valence-corrected chi connectivity index (χ4v) is 4.35. The fourth-order valence-electron chi connectivity index (χ4n) is 4.35. The van der Waals surface area contributed by atoms with Crippen molar-refractivity contribution in [3.05, 3.63) is 59.7 Å². The summed E-state index contributed by atoms with van der Waals surface area (Å²) in [6, 6.07) is 14.0. The molecule has 0 spiro atoms. The Morgan fingerprint density at radius 1 is 0.867 bits per heavy atom. The summed E-state index contributed by atoms with van der Waals surface area (Å²) in [6.07, 6.45) is 3.55. The van der Waals surface area contributed by atoms with Gasteiger partial charge in [-0.05, 0) is 60.2 Å². The van der Waals surface area contributed by atoms with E-state index >= 15 is 0 Å². The van der Waals surface area contributed by atoms with Crippen LogP contribution in [0.25, 0.3) is 0 Å². The molecule has 5 nitrogen and oxygen atoms in total. The number of nitrogens with zero attached hydrogens (tertiary/aromatic N) is 1. The van der Waals surface area contributed by atoms with E-state index in [2.05, 4.69) is 20.8 Å².